The largest absolute Gasteiger partial charge is 0.508 e. The van der Waals surface area contributed by atoms with Crippen LogP contribution in [-0.2, 0) is 0 Å². The van der Waals surface area contributed by atoms with Gasteiger partial charge in [0.15, 0.2) is 0 Å². The van der Waals surface area contributed by atoms with Gasteiger partial charge in [-0.25, -0.2) is 0 Å². The average molecular weight is 653 g/mol. The number of para-hydroxylation sites is 2. The molecular formula is C48H32N2O. The van der Waals surface area contributed by atoms with Crippen LogP contribution in [0.25, 0.3) is 88.4 Å². The van der Waals surface area contributed by atoms with Crippen molar-refractivity contribution in [2.45, 2.75) is 0 Å². The summed E-state index contributed by atoms with van der Waals surface area (Å²) in [5.41, 5.74) is 13.7. The van der Waals surface area contributed by atoms with Crippen LogP contribution in [0.1, 0.15) is 0 Å². The second-order valence-corrected chi connectivity index (χ2v) is 13.2. The van der Waals surface area contributed by atoms with Gasteiger partial charge in [-0.2, -0.15) is 0 Å². The fourth-order valence-corrected chi connectivity index (χ4v) is 7.81. The Labute approximate surface area is 295 Å². The van der Waals surface area contributed by atoms with E-state index in [1.165, 1.54) is 38.5 Å². The maximum Gasteiger partial charge on any atom is 0.116 e. The van der Waals surface area contributed by atoms with Gasteiger partial charge in [0.25, 0.3) is 0 Å². The lowest BCUT2D eigenvalue weighted by Gasteiger charge is -2.14. The van der Waals surface area contributed by atoms with E-state index in [2.05, 4.69) is 173 Å². The number of hydrogen-bond acceptors (Lipinski definition) is 1. The lowest BCUT2D eigenvalue weighted by Crippen LogP contribution is -1.96. The number of phenolic OH excluding ortho intramolecular Hbond substituents is 1. The van der Waals surface area contributed by atoms with Gasteiger partial charge in [-0.05, 0) is 106 Å². The Kier molecular flexibility index (Phi) is 6.65. The van der Waals surface area contributed by atoms with E-state index in [-0.39, 0.29) is 5.75 Å². The van der Waals surface area contributed by atoms with Crippen LogP contribution in [0.15, 0.2) is 188 Å². The van der Waals surface area contributed by atoms with Gasteiger partial charge in [-0.15, -0.1) is 0 Å². The summed E-state index contributed by atoms with van der Waals surface area (Å²) < 4.78 is 4.70. The molecule has 240 valence electrons. The van der Waals surface area contributed by atoms with Crippen molar-refractivity contribution in [3.05, 3.63) is 188 Å². The third kappa shape index (κ3) is 4.82. The molecule has 0 aliphatic carbocycles. The van der Waals surface area contributed by atoms with E-state index in [0.717, 1.165) is 49.8 Å². The lowest BCUT2D eigenvalue weighted by molar-refractivity contribution is 0.476. The highest BCUT2D eigenvalue weighted by Gasteiger charge is 2.17. The molecule has 1 N–H and O–H groups in total. The molecule has 0 spiro atoms. The van der Waals surface area contributed by atoms with Crippen LogP contribution < -0.4 is 0 Å². The van der Waals surface area contributed by atoms with E-state index >= 15 is 0 Å². The van der Waals surface area contributed by atoms with Gasteiger partial charge >= 0.3 is 0 Å². The van der Waals surface area contributed by atoms with E-state index in [0.29, 0.717) is 0 Å². The molecule has 3 heteroatoms. The van der Waals surface area contributed by atoms with E-state index in [4.69, 9.17) is 0 Å². The van der Waals surface area contributed by atoms with Crippen molar-refractivity contribution in [2.75, 3.05) is 0 Å². The number of aromatic hydroxyl groups is 1. The Morgan fingerprint density at radius 2 is 0.784 bits per heavy atom. The van der Waals surface area contributed by atoms with E-state index in [1.54, 1.807) is 6.07 Å². The fourth-order valence-electron chi connectivity index (χ4n) is 7.81. The van der Waals surface area contributed by atoms with Crippen molar-refractivity contribution >= 4 is 43.6 Å². The van der Waals surface area contributed by atoms with Crippen molar-refractivity contribution in [3.63, 3.8) is 0 Å². The first-order chi connectivity index (χ1) is 25.2. The highest BCUT2D eigenvalue weighted by molar-refractivity contribution is 6.12. The fraction of sp³-hybridized carbons (Fsp3) is 0. The van der Waals surface area contributed by atoms with Gasteiger partial charge in [-0.3, -0.25) is 0 Å². The quantitative estimate of drug-likeness (QED) is 0.197. The van der Waals surface area contributed by atoms with E-state index < -0.39 is 0 Å². The molecule has 0 radical (unpaired) electrons. The maximum atomic E-state index is 10.6. The highest BCUT2D eigenvalue weighted by atomic mass is 16.3. The van der Waals surface area contributed by atoms with Crippen molar-refractivity contribution < 1.29 is 5.11 Å². The summed E-state index contributed by atoms with van der Waals surface area (Å²) in [5.74, 6) is 0.263. The molecule has 0 amide bonds. The molecule has 0 bridgehead atoms. The SMILES string of the molecule is Oc1ccc2c(c1)c1cc(-c3ccc4c5ccccc5n(-c5cc(-c6ccccc6)cc(-c6ccccc6)c5)c4c3)ccc1n2-c1ccccc1. The van der Waals surface area contributed by atoms with Crippen molar-refractivity contribution in [1.82, 2.24) is 9.13 Å². The molecule has 8 aromatic carbocycles. The smallest absolute Gasteiger partial charge is 0.116 e. The summed E-state index contributed by atoms with van der Waals surface area (Å²) in [7, 11) is 0. The van der Waals surface area contributed by atoms with Crippen LogP contribution in [0.3, 0.4) is 0 Å². The zero-order valence-electron chi connectivity index (χ0n) is 27.7. The Bertz CT molecular complexity index is 2840. The Balaban J connectivity index is 1.21. The lowest BCUT2D eigenvalue weighted by atomic mass is 9.98. The minimum absolute atomic E-state index is 0.263. The average Bonchev–Trinajstić information content (AvgIpc) is 3.70. The molecule has 0 aliphatic rings. The molecule has 0 aliphatic heterocycles. The summed E-state index contributed by atoms with van der Waals surface area (Å²) in [5, 5.41) is 15.1. The number of rotatable bonds is 5. The second-order valence-electron chi connectivity index (χ2n) is 13.2. The van der Waals surface area contributed by atoms with Gasteiger partial charge in [-0.1, -0.05) is 115 Å². The van der Waals surface area contributed by atoms with Crippen LogP contribution >= 0.6 is 0 Å². The molecule has 0 unspecified atom stereocenters. The molecule has 10 aromatic rings. The van der Waals surface area contributed by atoms with Gasteiger partial charge in [0.2, 0.25) is 0 Å². The van der Waals surface area contributed by atoms with Crippen LogP contribution in [0.5, 0.6) is 5.75 Å². The van der Waals surface area contributed by atoms with Gasteiger partial charge < -0.3 is 14.2 Å². The molecular weight excluding hydrogens is 621 g/mol. The number of hydrogen-bond donors (Lipinski definition) is 1. The molecule has 0 atom stereocenters. The molecule has 2 heterocycles. The summed E-state index contributed by atoms with van der Waals surface area (Å²) in [4.78, 5) is 0. The molecule has 3 nitrogen and oxygen atoms in total. The number of fused-ring (bicyclic) bond motifs is 6. The predicted molar refractivity (Wildman–Crippen MR) is 213 cm³/mol. The maximum absolute atomic E-state index is 10.6. The van der Waals surface area contributed by atoms with Crippen LogP contribution in [0, 0.1) is 0 Å². The summed E-state index contributed by atoms with van der Waals surface area (Å²) >= 11 is 0. The third-order valence-electron chi connectivity index (χ3n) is 10.2. The number of aromatic nitrogens is 2. The summed E-state index contributed by atoms with van der Waals surface area (Å²) in [6.45, 7) is 0. The Morgan fingerprint density at radius 3 is 1.49 bits per heavy atom. The van der Waals surface area contributed by atoms with Gasteiger partial charge in [0.1, 0.15) is 5.75 Å². The molecule has 10 rings (SSSR count). The monoisotopic (exact) mass is 652 g/mol. The number of nitrogens with zero attached hydrogens (tertiary/aromatic N) is 2. The molecule has 0 saturated heterocycles. The van der Waals surface area contributed by atoms with Crippen LogP contribution in [0.4, 0.5) is 0 Å². The summed E-state index contributed by atoms with van der Waals surface area (Å²) in [6, 6.07) is 66.6. The Hall–Kier alpha value is -6.84. The first-order valence-corrected chi connectivity index (χ1v) is 17.3. The van der Waals surface area contributed by atoms with Gasteiger partial charge in [0, 0.05) is 32.9 Å². The van der Waals surface area contributed by atoms with Gasteiger partial charge in [0.05, 0.1) is 22.1 Å². The topological polar surface area (TPSA) is 30.1 Å². The first-order valence-electron chi connectivity index (χ1n) is 17.3. The van der Waals surface area contributed by atoms with E-state index in [9.17, 15) is 5.11 Å². The van der Waals surface area contributed by atoms with Crippen molar-refractivity contribution in [3.8, 4) is 50.5 Å². The van der Waals surface area contributed by atoms with E-state index in [1.807, 2.05) is 18.2 Å². The molecule has 0 saturated carbocycles. The number of benzene rings is 8. The molecule has 0 fully saturated rings. The zero-order valence-corrected chi connectivity index (χ0v) is 27.7. The normalized spacial score (nSPS) is 11.6. The molecule has 2 aromatic heterocycles. The van der Waals surface area contributed by atoms with Crippen LogP contribution in [-0.4, -0.2) is 14.2 Å². The third-order valence-corrected chi connectivity index (χ3v) is 10.2. The number of phenols is 1. The minimum atomic E-state index is 0.263. The minimum Gasteiger partial charge on any atom is -0.508 e. The first kappa shape index (κ1) is 29.1. The van der Waals surface area contributed by atoms with Crippen LogP contribution in [0.2, 0.25) is 0 Å². The molecule has 51 heavy (non-hydrogen) atoms. The standard InChI is InChI=1S/C48H32N2O/c51-40-22-25-47-44(31-40)43-29-34(21-24-46(43)49(47)38-16-8-3-9-17-38)35-20-23-42-41-18-10-11-19-45(41)50(48(42)30-35)39-27-36(32-12-4-1-5-13-32)26-37(28-39)33-14-6-2-7-15-33/h1-31,51H. The highest BCUT2D eigenvalue weighted by Crippen LogP contribution is 2.40. The Morgan fingerprint density at radius 1 is 0.275 bits per heavy atom. The summed E-state index contributed by atoms with van der Waals surface area (Å²) in [6.07, 6.45) is 0. The van der Waals surface area contributed by atoms with Crippen molar-refractivity contribution in [1.29, 1.82) is 0 Å². The zero-order chi connectivity index (χ0) is 33.9. The second kappa shape index (κ2) is 11.6. The predicted octanol–water partition coefficient (Wildman–Crippen LogP) is 12.6. The van der Waals surface area contributed by atoms with Crippen molar-refractivity contribution in [2.24, 2.45) is 0 Å².